The number of hydrogen-bond acceptors (Lipinski definition) is 4. The fourth-order valence-corrected chi connectivity index (χ4v) is 1.60. The predicted molar refractivity (Wildman–Crippen MR) is 56.3 cm³/mol. The number of para-hydroxylation sites is 1. The van der Waals surface area contributed by atoms with Crippen molar-refractivity contribution in [3.05, 3.63) is 18.2 Å². The first kappa shape index (κ1) is 10.3. The van der Waals surface area contributed by atoms with Gasteiger partial charge in [-0.3, -0.25) is 9.69 Å². The number of aliphatic carboxylic acids is 1. The maximum atomic E-state index is 11.4. The third-order valence-electron chi connectivity index (χ3n) is 2.30. The van der Waals surface area contributed by atoms with Gasteiger partial charge in [0.05, 0.1) is 17.9 Å². The van der Waals surface area contributed by atoms with Gasteiger partial charge in [-0.1, -0.05) is 6.07 Å². The van der Waals surface area contributed by atoms with Crippen LogP contribution in [0.3, 0.4) is 0 Å². The van der Waals surface area contributed by atoms with E-state index in [0.717, 1.165) is 4.90 Å². The molecule has 0 spiro atoms. The van der Waals surface area contributed by atoms with E-state index in [1.165, 1.54) is 0 Å². The van der Waals surface area contributed by atoms with Gasteiger partial charge in [-0.2, -0.15) is 0 Å². The van der Waals surface area contributed by atoms with Gasteiger partial charge in [0.15, 0.2) is 5.75 Å². The van der Waals surface area contributed by atoms with Gasteiger partial charge < -0.3 is 15.6 Å². The van der Waals surface area contributed by atoms with E-state index in [2.05, 4.69) is 0 Å². The van der Waals surface area contributed by atoms with Gasteiger partial charge in [-0.25, -0.2) is 4.79 Å². The number of anilines is 2. The third kappa shape index (κ3) is 1.54. The number of fused-ring (bicyclic) bond motifs is 1. The minimum absolute atomic E-state index is 0.210. The van der Waals surface area contributed by atoms with Gasteiger partial charge in [-0.15, -0.1) is 0 Å². The van der Waals surface area contributed by atoms with Crippen LogP contribution in [-0.4, -0.2) is 30.1 Å². The number of rotatable bonds is 0. The van der Waals surface area contributed by atoms with Crippen molar-refractivity contribution < 1.29 is 19.4 Å². The molecule has 16 heavy (non-hydrogen) atoms. The Morgan fingerprint density at radius 3 is 2.88 bits per heavy atom. The first-order valence-corrected chi connectivity index (χ1v) is 4.67. The highest BCUT2D eigenvalue weighted by Crippen LogP contribution is 2.36. The number of carboxylic acid groups (broad SMARTS) is 1. The number of carbonyl (C=O) groups is 2. The number of nitrogen functional groups attached to an aromatic ring is 1. The summed E-state index contributed by atoms with van der Waals surface area (Å²) in [5.41, 5.74) is 6.46. The Hall–Kier alpha value is -2.24. The molecule has 1 aromatic rings. The monoisotopic (exact) mass is 222 g/mol. The van der Waals surface area contributed by atoms with Gasteiger partial charge in [0.2, 0.25) is 0 Å². The smallest absolute Gasteiger partial charge is 0.394 e. The molecule has 0 saturated heterocycles. The zero-order chi connectivity index (χ0) is 11.7. The van der Waals surface area contributed by atoms with Crippen molar-refractivity contribution in [1.29, 1.82) is 0 Å². The molecule has 0 aromatic heterocycles. The van der Waals surface area contributed by atoms with Crippen molar-refractivity contribution in [2.75, 3.05) is 23.8 Å². The normalized spacial score (nSPS) is 13.9. The minimum atomic E-state index is -1.49. The van der Waals surface area contributed by atoms with Gasteiger partial charge >= 0.3 is 11.9 Å². The lowest BCUT2D eigenvalue weighted by atomic mass is 10.2. The van der Waals surface area contributed by atoms with E-state index < -0.39 is 11.9 Å². The lowest BCUT2D eigenvalue weighted by Gasteiger charge is -2.28. The first-order chi connectivity index (χ1) is 7.61. The summed E-state index contributed by atoms with van der Waals surface area (Å²) in [5, 5.41) is 8.67. The first-order valence-electron chi connectivity index (χ1n) is 4.67. The van der Waals surface area contributed by atoms with E-state index in [1.807, 2.05) is 0 Å². The Bertz CT molecular complexity index is 458. The third-order valence-corrected chi connectivity index (χ3v) is 2.30. The molecule has 1 aliphatic heterocycles. The van der Waals surface area contributed by atoms with Crippen LogP contribution in [0.1, 0.15) is 0 Å². The zero-order valence-electron chi connectivity index (χ0n) is 8.34. The number of ether oxygens (including phenoxy) is 1. The van der Waals surface area contributed by atoms with Gasteiger partial charge in [0, 0.05) is 0 Å². The molecule has 1 amide bonds. The van der Waals surface area contributed by atoms with E-state index in [1.54, 1.807) is 18.2 Å². The summed E-state index contributed by atoms with van der Waals surface area (Å²) in [6, 6.07) is 4.88. The van der Waals surface area contributed by atoms with Crippen molar-refractivity contribution >= 4 is 23.3 Å². The van der Waals surface area contributed by atoms with Gasteiger partial charge in [0.1, 0.15) is 6.61 Å². The van der Waals surface area contributed by atoms with Crippen molar-refractivity contribution in [2.24, 2.45) is 0 Å². The molecule has 2 rings (SSSR count). The Labute approximate surface area is 91.2 Å². The van der Waals surface area contributed by atoms with Crippen molar-refractivity contribution in [3.63, 3.8) is 0 Å². The van der Waals surface area contributed by atoms with E-state index in [-0.39, 0.29) is 13.2 Å². The summed E-state index contributed by atoms with van der Waals surface area (Å²) in [7, 11) is 0. The number of hydrogen-bond donors (Lipinski definition) is 2. The van der Waals surface area contributed by atoms with Crippen LogP contribution < -0.4 is 15.4 Å². The summed E-state index contributed by atoms with van der Waals surface area (Å²) in [6.07, 6.45) is 0. The summed E-state index contributed by atoms with van der Waals surface area (Å²) >= 11 is 0. The molecule has 0 bridgehead atoms. The number of nitrogens with two attached hydrogens (primary N) is 1. The van der Waals surface area contributed by atoms with E-state index in [4.69, 9.17) is 15.6 Å². The van der Waals surface area contributed by atoms with Crippen LogP contribution in [0, 0.1) is 0 Å². The van der Waals surface area contributed by atoms with Crippen molar-refractivity contribution in [3.8, 4) is 5.75 Å². The molecule has 1 heterocycles. The molecule has 6 heteroatoms. The summed E-state index contributed by atoms with van der Waals surface area (Å²) < 4.78 is 5.30. The van der Waals surface area contributed by atoms with Crippen LogP contribution in [0.15, 0.2) is 18.2 Å². The quantitative estimate of drug-likeness (QED) is 0.479. The Morgan fingerprint density at radius 1 is 1.44 bits per heavy atom. The predicted octanol–water partition coefficient (Wildman–Crippen LogP) is 0.0788. The molecule has 0 fully saturated rings. The highest BCUT2D eigenvalue weighted by atomic mass is 16.5. The second kappa shape index (κ2) is 3.73. The molecule has 1 aliphatic rings. The Morgan fingerprint density at radius 2 is 2.19 bits per heavy atom. The zero-order valence-corrected chi connectivity index (χ0v) is 8.34. The number of carboxylic acids is 1. The second-order valence-corrected chi connectivity index (χ2v) is 3.31. The van der Waals surface area contributed by atoms with Crippen molar-refractivity contribution in [2.45, 2.75) is 0 Å². The lowest BCUT2D eigenvalue weighted by Crippen LogP contribution is -2.41. The summed E-state index contributed by atoms with van der Waals surface area (Å²) in [4.78, 5) is 23.2. The number of amides is 1. The largest absolute Gasteiger partial charge is 0.487 e. The standard InChI is InChI=1S/C10H10N2O4/c11-6-2-1-3-7-8(6)16-5-4-12(7)9(13)10(14)15/h1-3H,4-5,11H2,(H,14,15). The summed E-state index contributed by atoms with van der Waals surface area (Å²) in [6.45, 7) is 0.446. The molecule has 6 nitrogen and oxygen atoms in total. The molecule has 84 valence electrons. The molecule has 0 aliphatic carbocycles. The molecule has 3 N–H and O–H groups in total. The highest BCUT2D eigenvalue weighted by molar-refractivity contribution is 6.37. The topological polar surface area (TPSA) is 92.9 Å². The average Bonchev–Trinajstić information content (AvgIpc) is 2.28. The minimum Gasteiger partial charge on any atom is -0.487 e. The molecular weight excluding hydrogens is 212 g/mol. The number of carbonyl (C=O) groups excluding carboxylic acids is 1. The van der Waals surface area contributed by atoms with Crippen molar-refractivity contribution in [1.82, 2.24) is 0 Å². The number of nitrogens with zero attached hydrogens (tertiary/aromatic N) is 1. The molecule has 0 atom stereocenters. The molecule has 0 unspecified atom stereocenters. The average molecular weight is 222 g/mol. The van der Waals surface area contributed by atoms with Crippen LogP contribution in [-0.2, 0) is 9.59 Å². The molecule has 0 saturated carbocycles. The van der Waals surface area contributed by atoms with Crippen LogP contribution in [0.5, 0.6) is 5.75 Å². The van der Waals surface area contributed by atoms with Gasteiger partial charge in [0.25, 0.3) is 0 Å². The fraction of sp³-hybridized carbons (Fsp3) is 0.200. The maximum Gasteiger partial charge on any atom is 0.394 e. The van der Waals surface area contributed by atoms with E-state index >= 15 is 0 Å². The van der Waals surface area contributed by atoms with Crippen LogP contribution in [0.25, 0.3) is 0 Å². The Kier molecular flexibility index (Phi) is 2.40. The number of benzene rings is 1. The van der Waals surface area contributed by atoms with Crippen LogP contribution in [0.4, 0.5) is 11.4 Å². The molecular formula is C10H10N2O4. The fourth-order valence-electron chi connectivity index (χ4n) is 1.60. The Balaban J connectivity index is 2.44. The summed E-state index contributed by atoms with van der Waals surface area (Å²) in [5.74, 6) is -2.10. The molecule has 1 aromatic carbocycles. The molecule has 0 radical (unpaired) electrons. The van der Waals surface area contributed by atoms with Crippen LogP contribution >= 0.6 is 0 Å². The van der Waals surface area contributed by atoms with E-state index in [0.29, 0.717) is 17.1 Å². The van der Waals surface area contributed by atoms with Gasteiger partial charge in [-0.05, 0) is 12.1 Å². The van der Waals surface area contributed by atoms with Crippen LogP contribution in [0.2, 0.25) is 0 Å². The SMILES string of the molecule is Nc1cccc2c1OCCN2C(=O)C(=O)O. The lowest BCUT2D eigenvalue weighted by molar-refractivity contribution is -0.148. The highest BCUT2D eigenvalue weighted by Gasteiger charge is 2.28. The second-order valence-electron chi connectivity index (χ2n) is 3.31. The maximum absolute atomic E-state index is 11.4. The van der Waals surface area contributed by atoms with E-state index in [9.17, 15) is 9.59 Å².